The predicted molar refractivity (Wildman–Crippen MR) is 105 cm³/mol. The molecule has 6 nitrogen and oxygen atoms in total. The highest BCUT2D eigenvalue weighted by Gasteiger charge is 2.20. The summed E-state index contributed by atoms with van der Waals surface area (Å²) < 4.78 is 10.1. The third kappa shape index (κ3) is 6.63. The molecule has 0 spiro atoms. The molecule has 1 aromatic carbocycles. The van der Waals surface area contributed by atoms with Crippen molar-refractivity contribution in [2.24, 2.45) is 0 Å². The lowest BCUT2D eigenvalue weighted by Gasteiger charge is -2.30. The molecular weight excluding hydrogens is 344 g/mol. The van der Waals surface area contributed by atoms with Crippen LogP contribution in [0.15, 0.2) is 24.3 Å². The van der Waals surface area contributed by atoms with E-state index in [0.29, 0.717) is 18.7 Å². The van der Waals surface area contributed by atoms with E-state index in [-0.39, 0.29) is 23.7 Å². The largest absolute Gasteiger partial charge is 0.469 e. The lowest BCUT2D eigenvalue weighted by molar-refractivity contribution is -0.140. The summed E-state index contributed by atoms with van der Waals surface area (Å²) in [7, 11) is 1.37. The van der Waals surface area contributed by atoms with Crippen molar-refractivity contribution in [1.29, 1.82) is 0 Å². The van der Waals surface area contributed by atoms with Crippen molar-refractivity contribution >= 4 is 11.9 Å². The minimum absolute atomic E-state index is 0.0441. The van der Waals surface area contributed by atoms with Crippen LogP contribution in [0.5, 0.6) is 0 Å². The van der Waals surface area contributed by atoms with Crippen LogP contribution in [0.4, 0.5) is 0 Å². The molecule has 1 aromatic rings. The SMILES string of the molecule is COC(=O)CCN(CCN1CCOCC1)C(=O)c1ccc(C(C)(C)C)cc1. The van der Waals surface area contributed by atoms with E-state index in [1.54, 1.807) is 4.90 Å². The molecule has 27 heavy (non-hydrogen) atoms. The van der Waals surface area contributed by atoms with Crippen molar-refractivity contribution in [3.63, 3.8) is 0 Å². The van der Waals surface area contributed by atoms with E-state index in [1.165, 1.54) is 12.7 Å². The molecule has 1 fully saturated rings. The van der Waals surface area contributed by atoms with Gasteiger partial charge in [0, 0.05) is 38.3 Å². The summed E-state index contributed by atoms with van der Waals surface area (Å²) >= 11 is 0. The highest BCUT2D eigenvalue weighted by molar-refractivity contribution is 5.94. The number of hydrogen-bond donors (Lipinski definition) is 0. The Kier molecular flexibility index (Phi) is 7.80. The van der Waals surface area contributed by atoms with Crippen LogP contribution in [0.1, 0.15) is 43.1 Å². The first kappa shape index (κ1) is 21.4. The van der Waals surface area contributed by atoms with Gasteiger partial charge in [-0.25, -0.2) is 0 Å². The van der Waals surface area contributed by atoms with Crippen LogP contribution < -0.4 is 0 Å². The summed E-state index contributed by atoms with van der Waals surface area (Å²) in [6, 6.07) is 7.77. The van der Waals surface area contributed by atoms with Crippen molar-refractivity contribution in [3.05, 3.63) is 35.4 Å². The molecule has 1 aliphatic rings. The average Bonchev–Trinajstić information content (AvgIpc) is 2.67. The maximum Gasteiger partial charge on any atom is 0.307 e. The van der Waals surface area contributed by atoms with Gasteiger partial charge in [-0.15, -0.1) is 0 Å². The van der Waals surface area contributed by atoms with Crippen LogP contribution in [0, 0.1) is 0 Å². The smallest absolute Gasteiger partial charge is 0.307 e. The molecule has 0 aromatic heterocycles. The molecule has 0 saturated carbocycles. The highest BCUT2D eigenvalue weighted by Crippen LogP contribution is 2.22. The van der Waals surface area contributed by atoms with Crippen LogP contribution in [0.3, 0.4) is 0 Å². The number of amides is 1. The Labute approximate surface area is 162 Å². The van der Waals surface area contributed by atoms with Crippen LogP contribution >= 0.6 is 0 Å². The van der Waals surface area contributed by atoms with Gasteiger partial charge in [0.2, 0.25) is 0 Å². The van der Waals surface area contributed by atoms with Crippen LogP contribution in [-0.4, -0.2) is 74.7 Å². The van der Waals surface area contributed by atoms with Crippen molar-refractivity contribution in [2.75, 3.05) is 53.0 Å². The zero-order chi connectivity index (χ0) is 19.9. The summed E-state index contributed by atoms with van der Waals surface area (Å²) in [4.78, 5) is 28.6. The summed E-state index contributed by atoms with van der Waals surface area (Å²) in [6.45, 7) is 11.4. The Morgan fingerprint density at radius 3 is 2.30 bits per heavy atom. The summed E-state index contributed by atoms with van der Waals surface area (Å²) in [6.07, 6.45) is 0.200. The van der Waals surface area contributed by atoms with Gasteiger partial charge in [0.1, 0.15) is 0 Å². The minimum Gasteiger partial charge on any atom is -0.469 e. The van der Waals surface area contributed by atoms with Gasteiger partial charge in [-0.2, -0.15) is 0 Å². The summed E-state index contributed by atoms with van der Waals surface area (Å²) in [5, 5.41) is 0. The van der Waals surface area contributed by atoms with Gasteiger partial charge in [-0.1, -0.05) is 32.9 Å². The van der Waals surface area contributed by atoms with E-state index in [9.17, 15) is 9.59 Å². The standard InChI is InChI=1S/C21H32N2O4/c1-21(2,3)18-7-5-17(6-8-18)20(25)23(10-9-19(24)26-4)12-11-22-13-15-27-16-14-22/h5-8H,9-16H2,1-4H3. The number of rotatable bonds is 7. The fraction of sp³-hybridized carbons (Fsp3) is 0.619. The third-order valence-electron chi connectivity index (χ3n) is 4.89. The first-order valence-corrected chi connectivity index (χ1v) is 9.58. The molecule has 0 radical (unpaired) electrons. The van der Waals surface area contributed by atoms with Gasteiger partial charge >= 0.3 is 5.97 Å². The first-order chi connectivity index (χ1) is 12.8. The Morgan fingerprint density at radius 2 is 1.74 bits per heavy atom. The Balaban J connectivity index is 2.05. The van der Waals surface area contributed by atoms with Gasteiger partial charge in [-0.3, -0.25) is 14.5 Å². The molecule has 0 atom stereocenters. The number of methoxy groups -OCH3 is 1. The lowest BCUT2D eigenvalue weighted by Crippen LogP contribution is -2.43. The zero-order valence-corrected chi connectivity index (χ0v) is 17.0. The third-order valence-corrected chi connectivity index (χ3v) is 4.89. The fourth-order valence-corrected chi connectivity index (χ4v) is 3.03. The van der Waals surface area contributed by atoms with Crippen molar-refractivity contribution in [1.82, 2.24) is 9.80 Å². The topological polar surface area (TPSA) is 59.1 Å². The highest BCUT2D eigenvalue weighted by atomic mass is 16.5. The van der Waals surface area contributed by atoms with Gasteiger partial charge in [0.15, 0.2) is 0 Å². The number of carbonyl (C=O) groups is 2. The Bertz CT molecular complexity index is 616. The molecule has 1 aliphatic heterocycles. The van der Waals surface area contributed by atoms with Crippen LogP contribution in [-0.2, 0) is 19.7 Å². The van der Waals surface area contributed by atoms with E-state index in [4.69, 9.17) is 9.47 Å². The minimum atomic E-state index is -0.303. The van der Waals surface area contributed by atoms with Gasteiger partial charge < -0.3 is 14.4 Å². The Morgan fingerprint density at radius 1 is 1.11 bits per heavy atom. The first-order valence-electron chi connectivity index (χ1n) is 9.58. The molecule has 150 valence electrons. The van der Waals surface area contributed by atoms with E-state index in [2.05, 4.69) is 25.7 Å². The molecule has 6 heteroatoms. The molecule has 2 rings (SSSR count). The lowest BCUT2D eigenvalue weighted by atomic mass is 9.86. The maximum absolute atomic E-state index is 13.0. The molecule has 0 bridgehead atoms. The number of esters is 1. The second-order valence-electron chi connectivity index (χ2n) is 7.90. The van der Waals surface area contributed by atoms with E-state index >= 15 is 0 Å². The number of benzene rings is 1. The number of nitrogens with zero attached hydrogens (tertiary/aromatic N) is 2. The van der Waals surface area contributed by atoms with Crippen molar-refractivity contribution in [2.45, 2.75) is 32.6 Å². The normalized spacial score (nSPS) is 15.4. The molecular formula is C21H32N2O4. The quantitative estimate of drug-likeness (QED) is 0.684. The van der Waals surface area contributed by atoms with Crippen LogP contribution in [0.2, 0.25) is 0 Å². The van der Waals surface area contributed by atoms with Crippen molar-refractivity contribution in [3.8, 4) is 0 Å². The molecule has 0 N–H and O–H groups in total. The Hall–Kier alpha value is -1.92. The second kappa shape index (κ2) is 9.85. The zero-order valence-electron chi connectivity index (χ0n) is 17.0. The number of hydrogen-bond acceptors (Lipinski definition) is 5. The molecule has 1 amide bonds. The van der Waals surface area contributed by atoms with Gasteiger partial charge in [0.25, 0.3) is 5.91 Å². The average molecular weight is 376 g/mol. The summed E-state index contributed by atoms with van der Waals surface area (Å²) in [5.74, 6) is -0.352. The van der Waals surface area contributed by atoms with E-state index < -0.39 is 0 Å². The molecule has 1 saturated heterocycles. The number of morpholine rings is 1. The molecule has 1 heterocycles. The van der Waals surface area contributed by atoms with Gasteiger partial charge in [-0.05, 0) is 23.1 Å². The monoisotopic (exact) mass is 376 g/mol. The molecule has 0 unspecified atom stereocenters. The van der Waals surface area contributed by atoms with E-state index in [0.717, 1.165) is 32.8 Å². The predicted octanol–water partition coefficient (Wildman–Crippen LogP) is 2.32. The summed E-state index contributed by atoms with van der Waals surface area (Å²) in [5.41, 5.74) is 1.88. The second-order valence-corrected chi connectivity index (χ2v) is 7.90. The van der Waals surface area contributed by atoms with Crippen LogP contribution in [0.25, 0.3) is 0 Å². The number of carbonyl (C=O) groups excluding carboxylic acids is 2. The van der Waals surface area contributed by atoms with Crippen molar-refractivity contribution < 1.29 is 19.1 Å². The fourth-order valence-electron chi connectivity index (χ4n) is 3.03. The maximum atomic E-state index is 13.0. The molecule has 0 aliphatic carbocycles. The van der Waals surface area contributed by atoms with Gasteiger partial charge in [0.05, 0.1) is 26.7 Å². The number of ether oxygens (including phenoxy) is 2. The van der Waals surface area contributed by atoms with E-state index in [1.807, 2.05) is 24.3 Å².